The van der Waals surface area contributed by atoms with Crippen molar-refractivity contribution in [2.75, 3.05) is 31.3 Å². The Morgan fingerprint density at radius 3 is 2.81 bits per heavy atom. The van der Waals surface area contributed by atoms with E-state index in [0.29, 0.717) is 18.0 Å². The summed E-state index contributed by atoms with van der Waals surface area (Å²) in [5.74, 6) is 0.656. The third kappa shape index (κ3) is 3.41. The van der Waals surface area contributed by atoms with Crippen molar-refractivity contribution in [2.45, 2.75) is 0 Å². The Hall–Kier alpha value is -1.23. The topological polar surface area (TPSA) is 41.6 Å². The molecule has 0 unspecified atom stereocenters. The molecule has 0 aliphatic carbocycles. The van der Waals surface area contributed by atoms with E-state index in [2.05, 4.69) is 21.2 Å². The first-order valence-electron chi connectivity index (χ1n) is 4.90. The van der Waals surface area contributed by atoms with Gasteiger partial charge in [0.1, 0.15) is 5.75 Å². The predicted octanol–water partition coefficient (Wildman–Crippen LogP) is 2.55. The third-order valence-electron chi connectivity index (χ3n) is 2.12. The van der Waals surface area contributed by atoms with E-state index in [0.717, 1.165) is 5.33 Å². The molecule has 5 heteroatoms. The van der Waals surface area contributed by atoms with Gasteiger partial charge in [-0.15, -0.1) is 0 Å². The molecule has 0 heterocycles. The number of halogens is 1. The standard InChI is InChI=1S/C11H15BrN2O2/c1-14(8-7-12)11(15)13-9-5-3-4-6-10(9)16-2/h3-6H,7-8H2,1-2H3,(H,13,15). The van der Waals surface area contributed by atoms with Crippen LogP contribution in [0.25, 0.3) is 0 Å². The average molecular weight is 287 g/mol. The number of urea groups is 1. The molecule has 4 nitrogen and oxygen atoms in total. The smallest absolute Gasteiger partial charge is 0.321 e. The summed E-state index contributed by atoms with van der Waals surface area (Å²) in [4.78, 5) is 13.3. The number of alkyl halides is 1. The number of benzene rings is 1. The fourth-order valence-corrected chi connectivity index (χ4v) is 1.72. The zero-order valence-corrected chi connectivity index (χ0v) is 11.0. The van der Waals surface area contributed by atoms with Crippen LogP contribution in [0.3, 0.4) is 0 Å². The summed E-state index contributed by atoms with van der Waals surface area (Å²) < 4.78 is 5.14. The molecule has 0 aliphatic heterocycles. The maximum atomic E-state index is 11.7. The first-order valence-corrected chi connectivity index (χ1v) is 6.02. The minimum atomic E-state index is -0.149. The number of rotatable bonds is 4. The molecule has 1 rings (SSSR count). The monoisotopic (exact) mass is 286 g/mol. The molecular weight excluding hydrogens is 272 g/mol. The van der Waals surface area contributed by atoms with Gasteiger partial charge in [-0.25, -0.2) is 4.79 Å². The molecule has 0 saturated carbocycles. The highest BCUT2D eigenvalue weighted by Gasteiger charge is 2.10. The van der Waals surface area contributed by atoms with Gasteiger partial charge >= 0.3 is 6.03 Å². The van der Waals surface area contributed by atoms with Crippen molar-refractivity contribution in [3.8, 4) is 5.75 Å². The lowest BCUT2D eigenvalue weighted by Crippen LogP contribution is -2.32. The van der Waals surface area contributed by atoms with Gasteiger partial charge < -0.3 is 15.0 Å². The Morgan fingerprint density at radius 2 is 2.19 bits per heavy atom. The van der Waals surface area contributed by atoms with Crippen LogP contribution in [0.2, 0.25) is 0 Å². The molecule has 0 bridgehead atoms. The second kappa shape index (κ2) is 6.37. The molecule has 16 heavy (non-hydrogen) atoms. The molecule has 0 spiro atoms. The summed E-state index contributed by atoms with van der Waals surface area (Å²) in [5, 5.41) is 3.54. The van der Waals surface area contributed by atoms with Gasteiger partial charge in [0.15, 0.2) is 0 Å². The summed E-state index contributed by atoms with van der Waals surface area (Å²) in [5.41, 5.74) is 0.677. The Kier molecular flexibility index (Phi) is 5.11. The van der Waals surface area contributed by atoms with Crippen LogP contribution in [-0.4, -0.2) is 37.0 Å². The number of nitrogens with one attached hydrogen (secondary N) is 1. The first kappa shape index (κ1) is 12.8. The molecule has 0 atom stereocenters. The number of carbonyl (C=O) groups is 1. The lowest BCUT2D eigenvalue weighted by molar-refractivity contribution is 0.225. The van der Waals surface area contributed by atoms with Crippen molar-refractivity contribution in [1.29, 1.82) is 0 Å². The largest absolute Gasteiger partial charge is 0.495 e. The number of nitrogens with zero attached hydrogens (tertiary/aromatic N) is 1. The fourth-order valence-electron chi connectivity index (χ4n) is 1.19. The van der Waals surface area contributed by atoms with E-state index < -0.39 is 0 Å². The van der Waals surface area contributed by atoms with E-state index >= 15 is 0 Å². The lowest BCUT2D eigenvalue weighted by Gasteiger charge is -2.17. The van der Waals surface area contributed by atoms with E-state index in [-0.39, 0.29) is 6.03 Å². The molecular formula is C11H15BrN2O2. The number of amides is 2. The molecule has 0 aliphatic rings. The number of anilines is 1. The maximum Gasteiger partial charge on any atom is 0.321 e. The molecule has 1 aromatic rings. The van der Waals surface area contributed by atoms with Crippen LogP contribution in [0.1, 0.15) is 0 Å². The Labute approximate surface area is 104 Å². The van der Waals surface area contributed by atoms with E-state index in [1.165, 1.54) is 0 Å². The van der Waals surface area contributed by atoms with Gasteiger partial charge in [-0.2, -0.15) is 0 Å². The van der Waals surface area contributed by atoms with E-state index in [1.807, 2.05) is 12.1 Å². The first-order chi connectivity index (χ1) is 7.69. The third-order valence-corrected chi connectivity index (χ3v) is 2.47. The van der Waals surface area contributed by atoms with Crippen LogP contribution >= 0.6 is 15.9 Å². The number of ether oxygens (including phenoxy) is 1. The Bertz CT molecular complexity index is 358. The van der Waals surface area contributed by atoms with Crippen LogP contribution in [0.5, 0.6) is 5.75 Å². The molecule has 0 saturated heterocycles. The lowest BCUT2D eigenvalue weighted by atomic mass is 10.3. The quantitative estimate of drug-likeness (QED) is 0.865. The molecule has 2 amide bonds. The summed E-state index contributed by atoms with van der Waals surface area (Å²) >= 11 is 3.29. The molecule has 0 aromatic heterocycles. The normalized spacial score (nSPS) is 9.69. The highest BCUT2D eigenvalue weighted by Crippen LogP contribution is 2.23. The number of methoxy groups -OCH3 is 1. The molecule has 88 valence electrons. The van der Waals surface area contributed by atoms with Gasteiger partial charge in [0.25, 0.3) is 0 Å². The van der Waals surface area contributed by atoms with E-state index in [9.17, 15) is 4.79 Å². The number of hydrogen-bond donors (Lipinski definition) is 1. The van der Waals surface area contributed by atoms with Gasteiger partial charge in [-0.05, 0) is 12.1 Å². The highest BCUT2D eigenvalue weighted by molar-refractivity contribution is 9.09. The SMILES string of the molecule is COc1ccccc1NC(=O)N(C)CCBr. The number of hydrogen-bond acceptors (Lipinski definition) is 2. The highest BCUT2D eigenvalue weighted by atomic mass is 79.9. The van der Waals surface area contributed by atoms with Gasteiger partial charge in [0, 0.05) is 18.9 Å². The van der Waals surface area contributed by atoms with Crippen molar-refractivity contribution in [2.24, 2.45) is 0 Å². The van der Waals surface area contributed by atoms with Crippen LogP contribution in [0.15, 0.2) is 24.3 Å². The number of para-hydroxylation sites is 2. The van der Waals surface area contributed by atoms with Gasteiger partial charge in [-0.1, -0.05) is 28.1 Å². The van der Waals surface area contributed by atoms with E-state index in [4.69, 9.17) is 4.74 Å². The van der Waals surface area contributed by atoms with Crippen LogP contribution < -0.4 is 10.1 Å². The molecule has 1 N–H and O–H groups in total. The fraction of sp³-hybridized carbons (Fsp3) is 0.364. The molecule has 1 aromatic carbocycles. The van der Waals surface area contributed by atoms with Crippen LogP contribution in [-0.2, 0) is 0 Å². The molecule has 0 radical (unpaired) electrons. The van der Waals surface area contributed by atoms with Gasteiger partial charge in [0.2, 0.25) is 0 Å². The second-order valence-electron chi connectivity index (χ2n) is 3.24. The minimum Gasteiger partial charge on any atom is -0.495 e. The predicted molar refractivity (Wildman–Crippen MR) is 68.4 cm³/mol. The Balaban J connectivity index is 2.69. The summed E-state index contributed by atoms with van der Waals surface area (Å²) in [6.07, 6.45) is 0. The summed E-state index contributed by atoms with van der Waals surface area (Å²) in [6, 6.07) is 7.17. The minimum absolute atomic E-state index is 0.149. The van der Waals surface area contributed by atoms with E-state index in [1.54, 1.807) is 31.2 Å². The Morgan fingerprint density at radius 1 is 1.50 bits per heavy atom. The zero-order valence-electron chi connectivity index (χ0n) is 9.37. The van der Waals surface area contributed by atoms with Crippen molar-refractivity contribution in [1.82, 2.24) is 4.90 Å². The zero-order chi connectivity index (χ0) is 12.0. The van der Waals surface area contributed by atoms with Crippen molar-refractivity contribution >= 4 is 27.6 Å². The van der Waals surface area contributed by atoms with Gasteiger partial charge in [0.05, 0.1) is 12.8 Å². The average Bonchev–Trinajstić information content (AvgIpc) is 2.30. The van der Waals surface area contributed by atoms with Crippen LogP contribution in [0.4, 0.5) is 10.5 Å². The maximum absolute atomic E-state index is 11.7. The van der Waals surface area contributed by atoms with Gasteiger partial charge in [-0.3, -0.25) is 0 Å². The summed E-state index contributed by atoms with van der Waals surface area (Å²) in [6.45, 7) is 0.654. The van der Waals surface area contributed by atoms with Crippen molar-refractivity contribution in [3.63, 3.8) is 0 Å². The molecule has 0 fully saturated rings. The van der Waals surface area contributed by atoms with Crippen LogP contribution in [0, 0.1) is 0 Å². The van der Waals surface area contributed by atoms with Crippen molar-refractivity contribution < 1.29 is 9.53 Å². The summed E-state index contributed by atoms with van der Waals surface area (Å²) in [7, 11) is 3.32. The number of carbonyl (C=O) groups excluding carboxylic acids is 1. The van der Waals surface area contributed by atoms with Crippen molar-refractivity contribution in [3.05, 3.63) is 24.3 Å². The second-order valence-corrected chi connectivity index (χ2v) is 4.03.